The van der Waals surface area contributed by atoms with Gasteiger partial charge in [-0.2, -0.15) is 0 Å². The van der Waals surface area contributed by atoms with Crippen molar-refractivity contribution in [2.75, 3.05) is 19.7 Å². The number of hydrogen-bond donors (Lipinski definition) is 2. The number of carbonyl (C=O) groups is 2. The molecular weight excluding hydrogens is 260 g/mol. The summed E-state index contributed by atoms with van der Waals surface area (Å²) < 4.78 is 5.11. The minimum Gasteiger partial charge on any atom is -0.479 e. The molecule has 1 atom stereocenters. The van der Waals surface area contributed by atoms with Gasteiger partial charge in [0.1, 0.15) is 0 Å². The molecule has 6 heteroatoms. The monoisotopic (exact) mass is 286 g/mol. The Balaban J connectivity index is 2.59. The van der Waals surface area contributed by atoms with Gasteiger partial charge in [0.05, 0.1) is 13.2 Å². The molecule has 0 bridgehead atoms. The molecule has 0 spiro atoms. The zero-order valence-corrected chi connectivity index (χ0v) is 13.0. The van der Waals surface area contributed by atoms with Gasteiger partial charge in [-0.3, -0.25) is 0 Å². The summed E-state index contributed by atoms with van der Waals surface area (Å²) in [5, 5.41) is 11.9. The molecule has 0 aromatic heterocycles. The fourth-order valence-electron chi connectivity index (χ4n) is 2.72. The number of amides is 2. The number of carboxylic acids is 1. The van der Waals surface area contributed by atoms with Crippen LogP contribution in [0.15, 0.2) is 0 Å². The molecule has 0 aromatic rings. The first-order chi connectivity index (χ1) is 9.00. The summed E-state index contributed by atoms with van der Waals surface area (Å²) in [7, 11) is 0. The van der Waals surface area contributed by atoms with Crippen LogP contribution < -0.4 is 5.32 Å². The van der Waals surface area contributed by atoms with Gasteiger partial charge in [-0.1, -0.05) is 20.8 Å². The van der Waals surface area contributed by atoms with Gasteiger partial charge in [-0.15, -0.1) is 0 Å². The van der Waals surface area contributed by atoms with E-state index in [1.165, 1.54) is 4.90 Å². The molecule has 0 saturated carbocycles. The van der Waals surface area contributed by atoms with Crippen LogP contribution in [0.5, 0.6) is 0 Å². The predicted molar refractivity (Wildman–Crippen MR) is 75.6 cm³/mol. The summed E-state index contributed by atoms with van der Waals surface area (Å²) in [4.78, 5) is 24.7. The van der Waals surface area contributed by atoms with E-state index in [-0.39, 0.29) is 30.1 Å². The first-order valence-corrected chi connectivity index (χ1v) is 6.92. The maximum atomic E-state index is 12.2. The van der Waals surface area contributed by atoms with Gasteiger partial charge in [-0.25, -0.2) is 9.59 Å². The van der Waals surface area contributed by atoms with Crippen molar-refractivity contribution in [2.45, 2.75) is 52.7 Å². The van der Waals surface area contributed by atoms with Crippen molar-refractivity contribution >= 4 is 12.0 Å². The second kappa shape index (κ2) is 5.99. The van der Waals surface area contributed by atoms with E-state index in [9.17, 15) is 9.59 Å². The smallest absolute Gasteiger partial charge is 0.334 e. The van der Waals surface area contributed by atoms with E-state index in [1.54, 1.807) is 0 Å². The van der Waals surface area contributed by atoms with Crippen molar-refractivity contribution in [1.82, 2.24) is 10.2 Å². The lowest BCUT2D eigenvalue weighted by atomic mass is 9.82. The average molecular weight is 286 g/mol. The number of nitrogens with one attached hydrogen (secondary N) is 1. The summed E-state index contributed by atoms with van der Waals surface area (Å²) in [6, 6.07) is -0.228. The number of carboxylic acid groups (broad SMARTS) is 1. The Hall–Kier alpha value is -1.30. The SMILES string of the molecule is CC(C)(C)CC(C)(C)NC(=O)N1CCOC(C(=O)O)C1. The number of urea groups is 1. The van der Waals surface area contributed by atoms with Gasteiger partial charge < -0.3 is 20.1 Å². The molecule has 0 aromatic carbocycles. The van der Waals surface area contributed by atoms with Crippen LogP contribution in [0, 0.1) is 5.41 Å². The molecular formula is C14H26N2O4. The van der Waals surface area contributed by atoms with E-state index in [4.69, 9.17) is 9.84 Å². The topological polar surface area (TPSA) is 78.9 Å². The van der Waals surface area contributed by atoms with Crippen molar-refractivity contribution in [3.05, 3.63) is 0 Å². The maximum absolute atomic E-state index is 12.2. The Morgan fingerprint density at radius 1 is 1.30 bits per heavy atom. The zero-order chi connectivity index (χ0) is 15.6. The lowest BCUT2D eigenvalue weighted by Crippen LogP contribution is -2.56. The van der Waals surface area contributed by atoms with Gasteiger partial charge in [0.15, 0.2) is 6.10 Å². The first-order valence-electron chi connectivity index (χ1n) is 6.92. The second-order valence-electron chi connectivity index (χ2n) is 7.20. The number of morpholine rings is 1. The molecule has 1 heterocycles. The van der Waals surface area contributed by atoms with E-state index >= 15 is 0 Å². The van der Waals surface area contributed by atoms with Crippen molar-refractivity contribution in [1.29, 1.82) is 0 Å². The molecule has 1 saturated heterocycles. The standard InChI is InChI=1S/C14H26N2O4/c1-13(2,3)9-14(4,5)15-12(19)16-6-7-20-10(8-16)11(17)18/h10H,6-9H2,1-5H3,(H,15,19)(H,17,18). The van der Waals surface area contributed by atoms with Crippen molar-refractivity contribution in [3.63, 3.8) is 0 Å². The van der Waals surface area contributed by atoms with Crippen LogP contribution in [-0.2, 0) is 9.53 Å². The normalized spacial score (nSPS) is 20.6. The quantitative estimate of drug-likeness (QED) is 0.827. The summed E-state index contributed by atoms with van der Waals surface area (Å²) in [5.74, 6) is -1.03. The Kier molecular flexibility index (Phi) is 5.02. The molecule has 0 radical (unpaired) electrons. The molecule has 116 valence electrons. The highest BCUT2D eigenvalue weighted by molar-refractivity contribution is 5.78. The van der Waals surface area contributed by atoms with Crippen molar-refractivity contribution < 1.29 is 19.4 Å². The second-order valence-corrected chi connectivity index (χ2v) is 7.20. The molecule has 1 unspecified atom stereocenters. The van der Waals surface area contributed by atoms with E-state index in [1.807, 2.05) is 13.8 Å². The lowest BCUT2D eigenvalue weighted by molar-refractivity contribution is -0.154. The van der Waals surface area contributed by atoms with E-state index in [0.29, 0.717) is 6.54 Å². The van der Waals surface area contributed by atoms with Gasteiger partial charge in [0.2, 0.25) is 0 Å². The largest absolute Gasteiger partial charge is 0.479 e. The predicted octanol–water partition coefficient (Wildman–Crippen LogP) is 1.70. The molecule has 2 N–H and O–H groups in total. The number of rotatable bonds is 3. The maximum Gasteiger partial charge on any atom is 0.334 e. The highest BCUT2D eigenvalue weighted by atomic mass is 16.5. The van der Waals surface area contributed by atoms with Gasteiger partial charge in [0.25, 0.3) is 0 Å². The Bertz CT molecular complexity index is 374. The number of carbonyl (C=O) groups excluding carboxylic acids is 1. The highest BCUT2D eigenvalue weighted by Crippen LogP contribution is 2.27. The fourth-order valence-corrected chi connectivity index (χ4v) is 2.72. The van der Waals surface area contributed by atoms with Crippen LogP contribution in [-0.4, -0.2) is 53.3 Å². The third-order valence-corrected chi connectivity index (χ3v) is 3.05. The van der Waals surface area contributed by atoms with Crippen molar-refractivity contribution in [2.24, 2.45) is 5.41 Å². The van der Waals surface area contributed by atoms with Crippen LogP contribution in [0.1, 0.15) is 41.0 Å². The minimum atomic E-state index is -1.03. The molecule has 1 aliphatic heterocycles. The van der Waals surface area contributed by atoms with Crippen LogP contribution in [0.25, 0.3) is 0 Å². The Morgan fingerprint density at radius 3 is 2.40 bits per heavy atom. The first kappa shape index (κ1) is 16.8. The van der Waals surface area contributed by atoms with Crippen molar-refractivity contribution in [3.8, 4) is 0 Å². The molecule has 20 heavy (non-hydrogen) atoms. The highest BCUT2D eigenvalue weighted by Gasteiger charge is 2.32. The Morgan fingerprint density at radius 2 is 1.90 bits per heavy atom. The van der Waals surface area contributed by atoms with Gasteiger partial charge in [0, 0.05) is 12.1 Å². The minimum absolute atomic E-state index is 0.0900. The van der Waals surface area contributed by atoms with E-state index in [2.05, 4.69) is 26.1 Å². The van der Waals surface area contributed by atoms with Crippen LogP contribution >= 0.6 is 0 Å². The molecule has 0 aliphatic carbocycles. The molecule has 1 fully saturated rings. The summed E-state index contributed by atoms with van der Waals surface area (Å²) >= 11 is 0. The van der Waals surface area contributed by atoms with Gasteiger partial charge >= 0.3 is 12.0 Å². The molecule has 6 nitrogen and oxygen atoms in total. The summed E-state index contributed by atoms with van der Waals surface area (Å²) in [5.41, 5.74) is -0.238. The Labute approximate surface area is 120 Å². The summed E-state index contributed by atoms with van der Waals surface area (Å²) in [6.45, 7) is 11.1. The summed E-state index contributed by atoms with van der Waals surface area (Å²) in [6.07, 6.45) is -0.0986. The zero-order valence-electron chi connectivity index (χ0n) is 13.0. The average Bonchev–Trinajstić information content (AvgIpc) is 2.25. The van der Waals surface area contributed by atoms with Gasteiger partial charge in [-0.05, 0) is 25.7 Å². The molecule has 2 amide bonds. The lowest BCUT2D eigenvalue weighted by Gasteiger charge is -2.37. The third-order valence-electron chi connectivity index (χ3n) is 3.05. The number of nitrogens with zero attached hydrogens (tertiary/aromatic N) is 1. The van der Waals surface area contributed by atoms with E-state index < -0.39 is 12.1 Å². The van der Waals surface area contributed by atoms with Crippen LogP contribution in [0.2, 0.25) is 0 Å². The fraction of sp³-hybridized carbons (Fsp3) is 0.857. The number of ether oxygens (including phenoxy) is 1. The number of aliphatic carboxylic acids is 1. The molecule has 1 rings (SSSR count). The number of hydrogen-bond acceptors (Lipinski definition) is 3. The van der Waals surface area contributed by atoms with Crippen LogP contribution in [0.3, 0.4) is 0 Å². The van der Waals surface area contributed by atoms with Crippen LogP contribution in [0.4, 0.5) is 4.79 Å². The van der Waals surface area contributed by atoms with E-state index in [0.717, 1.165) is 6.42 Å². The third kappa shape index (κ3) is 5.36. The molecule has 1 aliphatic rings.